The zero-order valence-electron chi connectivity index (χ0n) is 9.67. The van der Waals surface area contributed by atoms with Crippen LogP contribution in [0.15, 0.2) is 42.6 Å². The number of aromatic nitrogens is 1. The van der Waals surface area contributed by atoms with Gasteiger partial charge in [0.2, 0.25) is 5.91 Å². The minimum atomic E-state index is -0.445. The lowest BCUT2D eigenvalue weighted by Gasteiger charge is -2.07. The van der Waals surface area contributed by atoms with Crippen LogP contribution in [0.4, 0.5) is 5.82 Å². The van der Waals surface area contributed by atoms with Gasteiger partial charge < -0.3 is 16.2 Å². The molecule has 92 valence electrons. The lowest BCUT2D eigenvalue weighted by Crippen LogP contribution is -2.10. The van der Waals surface area contributed by atoms with Gasteiger partial charge in [0, 0.05) is 11.8 Å². The molecule has 0 radical (unpaired) electrons. The molecule has 0 unspecified atom stereocenters. The maximum Gasteiger partial charge on any atom is 0.248 e. The summed E-state index contributed by atoms with van der Waals surface area (Å²) < 4.78 is 5.52. The summed E-state index contributed by atoms with van der Waals surface area (Å²) in [5, 5.41) is 0. The Morgan fingerprint density at radius 3 is 2.56 bits per heavy atom. The Hall–Kier alpha value is -2.56. The number of rotatable bonds is 4. The summed E-state index contributed by atoms with van der Waals surface area (Å²) in [6.45, 7) is 0.356. The smallest absolute Gasteiger partial charge is 0.248 e. The number of amides is 1. The molecule has 1 aromatic heterocycles. The fraction of sp³-hybridized carbons (Fsp3) is 0.0769. The molecule has 0 fully saturated rings. The van der Waals surface area contributed by atoms with Crippen molar-refractivity contribution < 1.29 is 9.53 Å². The van der Waals surface area contributed by atoms with Gasteiger partial charge in [-0.05, 0) is 29.8 Å². The lowest BCUT2D eigenvalue weighted by atomic mass is 10.1. The fourth-order valence-corrected chi connectivity index (χ4v) is 1.45. The van der Waals surface area contributed by atoms with Crippen molar-refractivity contribution in [3.63, 3.8) is 0 Å². The van der Waals surface area contributed by atoms with Gasteiger partial charge >= 0.3 is 0 Å². The molecule has 0 aliphatic rings. The molecule has 2 aromatic rings. The minimum absolute atomic E-state index is 0.353. The molecule has 1 heterocycles. The topological polar surface area (TPSA) is 91.2 Å². The monoisotopic (exact) mass is 243 g/mol. The van der Waals surface area contributed by atoms with Gasteiger partial charge in [0.1, 0.15) is 6.61 Å². The van der Waals surface area contributed by atoms with E-state index in [9.17, 15) is 4.79 Å². The SMILES string of the molecule is NC(=O)c1ccc(COc2cccnc2N)cc1. The predicted molar refractivity (Wildman–Crippen MR) is 67.9 cm³/mol. The van der Waals surface area contributed by atoms with Crippen LogP contribution >= 0.6 is 0 Å². The molecule has 0 saturated heterocycles. The van der Waals surface area contributed by atoms with E-state index in [0.29, 0.717) is 23.7 Å². The third kappa shape index (κ3) is 2.76. The number of ether oxygens (including phenoxy) is 1. The molecular formula is C13H13N3O2. The Morgan fingerprint density at radius 1 is 1.22 bits per heavy atom. The van der Waals surface area contributed by atoms with Gasteiger partial charge in [-0.3, -0.25) is 4.79 Å². The van der Waals surface area contributed by atoms with E-state index in [-0.39, 0.29) is 0 Å². The van der Waals surface area contributed by atoms with Gasteiger partial charge in [-0.25, -0.2) is 4.98 Å². The van der Waals surface area contributed by atoms with E-state index in [4.69, 9.17) is 16.2 Å². The highest BCUT2D eigenvalue weighted by molar-refractivity contribution is 5.92. The van der Waals surface area contributed by atoms with Gasteiger partial charge in [-0.1, -0.05) is 12.1 Å². The highest BCUT2D eigenvalue weighted by Gasteiger charge is 2.02. The van der Waals surface area contributed by atoms with Crippen molar-refractivity contribution in [2.24, 2.45) is 5.73 Å². The van der Waals surface area contributed by atoms with E-state index in [1.165, 1.54) is 0 Å². The predicted octanol–water partition coefficient (Wildman–Crippen LogP) is 1.34. The highest BCUT2D eigenvalue weighted by Crippen LogP contribution is 2.18. The van der Waals surface area contributed by atoms with Gasteiger partial charge in [0.05, 0.1) is 0 Å². The fourth-order valence-electron chi connectivity index (χ4n) is 1.45. The molecule has 1 aromatic carbocycles. The number of nitrogens with two attached hydrogens (primary N) is 2. The van der Waals surface area contributed by atoms with E-state index in [2.05, 4.69) is 4.98 Å². The summed E-state index contributed by atoms with van der Waals surface area (Å²) in [6.07, 6.45) is 1.60. The minimum Gasteiger partial charge on any atom is -0.485 e. The van der Waals surface area contributed by atoms with Crippen LogP contribution in [-0.4, -0.2) is 10.9 Å². The van der Waals surface area contributed by atoms with Crippen LogP contribution in [0.25, 0.3) is 0 Å². The Kier molecular flexibility index (Phi) is 3.43. The van der Waals surface area contributed by atoms with E-state index in [1.54, 1.807) is 42.6 Å². The van der Waals surface area contributed by atoms with Crippen molar-refractivity contribution in [1.82, 2.24) is 4.98 Å². The van der Waals surface area contributed by atoms with Crippen molar-refractivity contribution in [3.8, 4) is 5.75 Å². The number of anilines is 1. The number of nitrogens with zero attached hydrogens (tertiary/aromatic N) is 1. The first-order valence-electron chi connectivity index (χ1n) is 5.39. The zero-order valence-corrected chi connectivity index (χ0v) is 9.67. The Bertz CT molecular complexity index is 552. The molecule has 5 heteroatoms. The van der Waals surface area contributed by atoms with Crippen LogP contribution in [0.2, 0.25) is 0 Å². The van der Waals surface area contributed by atoms with E-state index in [0.717, 1.165) is 5.56 Å². The molecule has 4 N–H and O–H groups in total. The second kappa shape index (κ2) is 5.18. The summed E-state index contributed by atoms with van der Waals surface area (Å²) in [5.74, 6) is 0.446. The first kappa shape index (κ1) is 11.9. The van der Waals surface area contributed by atoms with Crippen LogP contribution in [-0.2, 0) is 6.61 Å². The number of primary amides is 1. The van der Waals surface area contributed by atoms with Crippen molar-refractivity contribution in [2.75, 3.05) is 5.73 Å². The third-order valence-corrected chi connectivity index (χ3v) is 2.43. The van der Waals surface area contributed by atoms with Crippen LogP contribution in [0.5, 0.6) is 5.75 Å². The summed E-state index contributed by atoms with van der Waals surface area (Å²) in [6, 6.07) is 10.4. The van der Waals surface area contributed by atoms with Crippen LogP contribution in [0.1, 0.15) is 15.9 Å². The molecule has 18 heavy (non-hydrogen) atoms. The molecule has 0 aliphatic carbocycles. The van der Waals surface area contributed by atoms with Crippen LogP contribution in [0.3, 0.4) is 0 Å². The molecule has 0 spiro atoms. The van der Waals surface area contributed by atoms with Gasteiger partial charge in [0.15, 0.2) is 11.6 Å². The molecule has 0 bridgehead atoms. The number of carbonyl (C=O) groups excluding carboxylic acids is 1. The molecule has 5 nitrogen and oxygen atoms in total. The number of nitrogen functional groups attached to an aromatic ring is 1. The standard InChI is InChI=1S/C13H13N3O2/c14-12-11(2-1-7-16-12)18-8-9-3-5-10(6-4-9)13(15)17/h1-7H,8H2,(H2,14,16)(H2,15,17). The van der Waals surface area contributed by atoms with Crippen LogP contribution < -0.4 is 16.2 Å². The number of benzene rings is 1. The molecule has 1 amide bonds. The average molecular weight is 243 g/mol. The first-order chi connectivity index (χ1) is 8.66. The number of carbonyl (C=O) groups is 1. The molecular weight excluding hydrogens is 230 g/mol. The van der Waals surface area contributed by atoms with Crippen LogP contribution in [0, 0.1) is 0 Å². The average Bonchev–Trinajstić information content (AvgIpc) is 2.38. The van der Waals surface area contributed by atoms with Crippen molar-refractivity contribution >= 4 is 11.7 Å². The highest BCUT2D eigenvalue weighted by atomic mass is 16.5. The summed E-state index contributed by atoms with van der Waals surface area (Å²) in [7, 11) is 0. The second-order valence-electron chi connectivity index (χ2n) is 3.74. The Labute approximate surface area is 104 Å². The molecule has 0 atom stereocenters. The maximum absolute atomic E-state index is 10.9. The second-order valence-corrected chi connectivity index (χ2v) is 3.74. The van der Waals surface area contributed by atoms with Crippen molar-refractivity contribution in [2.45, 2.75) is 6.61 Å². The summed E-state index contributed by atoms with van der Waals surface area (Å²) in [4.78, 5) is 14.8. The first-order valence-corrected chi connectivity index (χ1v) is 5.39. The van der Waals surface area contributed by atoms with Gasteiger partial charge in [0.25, 0.3) is 0 Å². The lowest BCUT2D eigenvalue weighted by molar-refractivity contribution is 0.1000. The zero-order chi connectivity index (χ0) is 13.0. The van der Waals surface area contributed by atoms with Gasteiger partial charge in [-0.15, -0.1) is 0 Å². The Morgan fingerprint density at radius 2 is 1.94 bits per heavy atom. The molecule has 0 aliphatic heterocycles. The molecule has 0 saturated carbocycles. The molecule has 2 rings (SSSR count). The van der Waals surface area contributed by atoms with E-state index < -0.39 is 5.91 Å². The largest absolute Gasteiger partial charge is 0.485 e. The van der Waals surface area contributed by atoms with Crippen molar-refractivity contribution in [3.05, 3.63) is 53.7 Å². The van der Waals surface area contributed by atoms with Crippen molar-refractivity contribution in [1.29, 1.82) is 0 Å². The quantitative estimate of drug-likeness (QED) is 0.847. The summed E-state index contributed by atoms with van der Waals surface area (Å²) >= 11 is 0. The maximum atomic E-state index is 10.9. The summed E-state index contributed by atoms with van der Waals surface area (Å²) in [5.41, 5.74) is 12.2. The van der Waals surface area contributed by atoms with E-state index >= 15 is 0 Å². The van der Waals surface area contributed by atoms with Gasteiger partial charge in [-0.2, -0.15) is 0 Å². The third-order valence-electron chi connectivity index (χ3n) is 2.43. The normalized spacial score (nSPS) is 10.0. The Balaban J connectivity index is 2.02. The number of pyridine rings is 1. The number of hydrogen-bond acceptors (Lipinski definition) is 4. The number of hydrogen-bond donors (Lipinski definition) is 2. The van der Waals surface area contributed by atoms with E-state index in [1.807, 2.05) is 0 Å².